The average molecular weight is 434 g/mol. The van der Waals surface area contributed by atoms with Gasteiger partial charge in [-0.2, -0.15) is 0 Å². The van der Waals surface area contributed by atoms with Crippen LogP contribution in [0.5, 0.6) is 11.5 Å². The molecular weight excluding hydrogens is 408 g/mol. The Morgan fingerprint density at radius 3 is 1.94 bits per heavy atom. The van der Waals surface area contributed by atoms with Crippen molar-refractivity contribution < 1.29 is 9.47 Å². The summed E-state index contributed by atoms with van der Waals surface area (Å²) in [6.07, 6.45) is 0. The fourth-order valence-corrected chi connectivity index (χ4v) is 3.91. The van der Waals surface area contributed by atoms with Crippen LogP contribution in [0.15, 0.2) is 58.1 Å². The number of aromatic amines is 4. The number of ether oxygens (including phenoxy) is 2. The summed E-state index contributed by atoms with van der Waals surface area (Å²) in [6, 6.07) is 15.4. The van der Waals surface area contributed by atoms with Gasteiger partial charge in [-0.3, -0.25) is 19.8 Å². The van der Waals surface area contributed by atoms with Gasteiger partial charge >= 0.3 is 0 Å². The highest BCUT2D eigenvalue weighted by Gasteiger charge is 2.29. The fraction of sp³-hybridized carbons (Fsp3) is 0.250. The molecule has 0 unspecified atom stereocenters. The summed E-state index contributed by atoms with van der Waals surface area (Å²) >= 11 is 0. The van der Waals surface area contributed by atoms with Gasteiger partial charge in [0.05, 0.1) is 17.7 Å². The second-order valence-corrected chi connectivity index (χ2v) is 7.58. The van der Waals surface area contributed by atoms with E-state index >= 15 is 0 Å². The number of rotatable bonds is 8. The molecule has 0 aliphatic heterocycles. The molecule has 2 heterocycles. The highest BCUT2D eigenvalue weighted by atomic mass is 16.5. The van der Waals surface area contributed by atoms with Crippen LogP contribution in [0.2, 0.25) is 0 Å². The van der Waals surface area contributed by atoms with Gasteiger partial charge in [0.1, 0.15) is 6.61 Å². The number of benzene rings is 2. The molecule has 8 heteroatoms. The second kappa shape index (κ2) is 9.05. The molecule has 8 nitrogen and oxygen atoms in total. The van der Waals surface area contributed by atoms with Crippen LogP contribution in [-0.4, -0.2) is 27.0 Å². The summed E-state index contributed by atoms with van der Waals surface area (Å²) in [7, 11) is 0. The zero-order valence-electron chi connectivity index (χ0n) is 18.2. The molecular formula is C24H26N4O4. The third kappa shape index (κ3) is 4.12. The standard InChI is InChI=1S/C24H26N4O4/c1-4-31-19-12-17(10-11-18(19)32-13-16-8-6-5-7-9-16)22(20-14(2)25-27-23(20)29)21-15(3)26-28-24(21)30/h5-12,22H,4,13H2,1-3H3,(H2,25,27,29)(H2,26,28,30). The maximum absolute atomic E-state index is 12.6. The lowest BCUT2D eigenvalue weighted by Crippen LogP contribution is -2.20. The van der Waals surface area contributed by atoms with Crippen molar-refractivity contribution in [2.45, 2.75) is 33.3 Å². The smallest absolute Gasteiger partial charge is 0.268 e. The van der Waals surface area contributed by atoms with Crippen molar-refractivity contribution in [1.82, 2.24) is 20.4 Å². The van der Waals surface area contributed by atoms with E-state index in [-0.39, 0.29) is 11.1 Å². The van der Waals surface area contributed by atoms with Gasteiger partial charge < -0.3 is 19.7 Å². The molecule has 0 saturated heterocycles. The SMILES string of the molecule is CCOc1cc(C(c2c(C)[nH][nH]c2=O)c2c(C)[nH][nH]c2=O)ccc1OCc1ccccc1. The van der Waals surface area contributed by atoms with E-state index in [2.05, 4.69) is 20.4 Å². The van der Waals surface area contributed by atoms with Crippen molar-refractivity contribution in [2.75, 3.05) is 6.61 Å². The van der Waals surface area contributed by atoms with Crippen molar-refractivity contribution in [3.05, 3.63) is 103 Å². The average Bonchev–Trinajstić information content (AvgIpc) is 3.30. The highest BCUT2D eigenvalue weighted by molar-refractivity contribution is 5.51. The fourth-order valence-electron chi connectivity index (χ4n) is 3.91. The Morgan fingerprint density at radius 1 is 0.781 bits per heavy atom. The summed E-state index contributed by atoms with van der Waals surface area (Å²) in [6.45, 7) is 6.35. The number of aryl methyl sites for hydroxylation is 2. The number of nitrogens with one attached hydrogen (secondary N) is 4. The summed E-state index contributed by atoms with van der Waals surface area (Å²) in [5.41, 5.74) is 3.56. The largest absolute Gasteiger partial charge is 0.490 e. The first-order chi connectivity index (χ1) is 15.5. The van der Waals surface area contributed by atoms with Crippen LogP contribution in [0.1, 0.15) is 46.5 Å². The predicted octanol–water partition coefficient (Wildman–Crippen LogP) is 3.49. The van der Waals surface area contributed by atoms with Crippen LogP contribution >= 0.6 is 0 Å². The third-order valence-electron chi connectivity index (χ3n) is 5.44. The Bertz CT molecular complexity index is 1260. The normalized spacial score (nSPS) is 11.1. The first-order valence-electron chi connectivity index (χ1n) is 10.5. The molecule has 0 amide bonds. The second-order valence-electron chi connectivity index (χ2n) is 7.58. The summed E-state index contributed by atoms with van der Waals surface area (Å²) in [4.78, 5) is 25.3. The molecule has 4 aromatic rings. The molecule has 4 N–H and O–H groups in total. The first kappa shape index (κ1) is 21.3. The Balaban J connectivity index is 1.79. The van der Waals surface area contributed by atoms with E-state index in [0.717, 1.165) is 11.1 Å². The van der Waals surface area contributed by atoms with Gasteiger partial charge in [-0.1, -0.05) is 36.4 Å². The molecule has 0 fully saturated rings. The van der Waals surface area contributed by atoms with Crippen molar-refractivity contribution in [3.8, 4) is 11.5 Å². The van der Waals surface area contributed by atoms with Crippen molar-refractivity contribution in [1.29, 1.82) is 0 Å². The van der Waals surface area contributed by atoms with Gasteiger partial charge in [0, 0.05) is 17.3 Å². The molecule has 0 atom stereocenters. The van der Waals surface area contributed by atoms with Crippen molar-refractivity contribution in [2.24, 2.45) is 0 Å². The quantitative estimate of drug-likeness (QED) is 0.340. The monoisotopic (exact) mass is 434 g/mol. The maximum Gasteiger partial charge on any atom is 0.268 e. The molecule has 2 aromatic carbocycles. The number of hydrogen-bond acceptors (Lipinski definition) is 4. The van der Waals surface area contributed by atoms with E-state index in [4.69, 9.17) is 9.47 Å². The Kier molecular flexibility index (Phi) is 6.02. The summed E-state index contributed by atoms with van der Waals surface area (Å²) < 4.78 is 11.9. The van der Waals surface area contributed by atoms with E-state index < -0.39 is 5.92 Å². The van der Waals surface area contributed by atoms with E-state index in [1.807, 2.05) is 55.5 Å². The zero-order valence-corrected chi connectivity index (χ0v) is 18.2. The van der Waals surface area contributed by atoms with E-state index in [9.17, 15) is 9.59 Å². The van der Waals surface area contributed by atoms with Crippen LogP contribution in [0.3, 0.4) is 0 Å². The van der Waals surface area contributed by atoms with E-state index in [1.165, 1.54) is 0 Å². The minimum absolute atomic E-state index is 0.269. The number of hydrogen-bond donors (Lipinski definition) is 4. The number of H-pyrrole nitrogens is 4. The maximum atomic E-state index is 12.6. The zero-order chi connectivity index (χ0) is 22.7. The van der Waals surface area contributed by atoms with Gasteiger partial charge in [0.25, 0.3) is 11.1 Å². The van der Waals surface area contributed by atoms with E-state index in [0.29, 0.717) is 47.2 Å². The lowest BCUT2D eigenvalue weighted by molar-refractivity contribution is 0.269. The van der Waals surface area contributed by atoms with Crippen LogP contribution < -0.4 is 20.6 Å². The molecule has 0 spiro atoms. The molecule has 0 aliphatic carbocycles. The highest BCUT2D eigenvalue weighted by Crippen LogP contribution is 2.37. The summed E-state index contributed by atoms with van der Waals surface area (Å²) in [5, 5.41) is 11.0. The lowest BCUT2D eigenvalue weighted by atomic mass is 9.85. The Labute approximate surface area is 184 Å². The van der Waals surface area contributed by atoms with Crippen LogP contribution in [0, 0.1) is 13.8 Å². The van der Waals surface area contributed by atoms with Gasteiger partial charge in [0.15, 0.2) is 11.5 Å². The van der Waals surface area contributed by atoms with Gasteiger partial charge in [-0.15, -0.1) is 0 Å². The first-order valence-corrected chi connectivity index (χ1v) is 10.5. The Morgan fingerprint density at radius 2 is 1.41 bits per heavy atom. The van der Waals surface area contributed by atoms with Crippen LogP contribution in [-0.2, 0) is 6.61 Å². The van der Waals surface area contributed by atoms with Crippen LogP contribution in [0.25, 0.3) is 0 Å². The van der Waals surface area contributed by atoms with E-state index in [1.54, 1.807) is 13.8 Å². The van der Waals surface area contributed by atoms with Crippen molar-refractivity contribution in [3.63, 3.8) is 0 Å². The molecule has 0 bridgehead atoms. The molecule has 0 radical (unpaired) electrons. The predicted molar refractivity (Wildman–Crippen MR) is 122 cm³/mol. The molecule has 0 saturated carbocycles. The molecule has 2 aromatic heterocycles. The minimum atomic E-state index is -0.581. The van der Waals surface area contributed by atoms with Gasteiger partial charge in [0.2, 0.25) is 0 Å². The van der Waals surface area contributed by atoms with Crippen LogP contribution in [0.4, 0.5) is 0 Å². The molecule has 166 valence electrons. The molecule has 0 aliphatic rings. The summed E-state index contributed by atoms with van der Waals surface area (Å²) in [5.74, 6) is 0.570. The van der Waals surface area contributed by atoms with Crippen molar-refractivity contribution >= 4 is 0 Å². The van der Waals surface area contributed by atoms with Gasteiger partial charge in [-0.05, 0) is 44.0 Å². The third-order valence-corrected chi connectivity index (χ3v) is 5.44. The van der Waals surface area contributed by atoms with Gasteiger partial charge in [-0.25, -0.2) is 0 Å². The topological polar surface area (TPSA) is 116 Å². The number of aromatic nitrogens is 4. The Hall–Kier alpha value is -3.94. The lowest BCUT2D eigenvalue weighted by Gasteiger charge is -2.19. The minimum Gasteiger partial charge on any atom is -0.490 e. The molecule has 4 rings (SSSR count). The molecule has 32 heavy (non-hydrogen) atoms.